The lowest BCUT2D eigenvalue weighted by Gasteiger charge is -2.17. The summed E-state index contributed by atoms with van der Waals surface area (Å²) in [7, 11) is 1.72. The van der Waals surface area contributed by atoms with Crippen LogP contribution >= 0.6 is 11.6 Å². The second-order valence-electron chi connectivity index (χ2n) is 6.35. The summed E-state index contributed by atoms with van der Waals surface area (Å²) in [5, 5.41) is 7.71. The van der Waals surface area contributed by atoms with E-state index >= 15 is 0 Å². The van der Waals surface area contributed by atoms with E-state index in [4.69, 9.17) is 16.3 Å². The maximum Gasteiger partial charge on any atom is 0.287 e. The van der Waals surface area contributed by atoms with Crippen LogP contribution in [0.5, 0.6) is 0 Å². The predicted octanol–water partition coefficient (Wildman–Crippen LogP) is 2.78. The van der Waals surface area contributed by atoms with Gasteiger partial charge in [-0.05, 0) is 30.6 Å². The van der Waals surface area contributed by atoms with Gasteiger partial charge in [-0.1, -0.05) is 25.4 Å². The van der Waals surface area contributed by atoms with E-state index in [0.717, 1.165) is 19.6 Å². The Hall–Kier alpha value is -1.07. The molecule has 0 aromatic carbocycles. The molecule has 1 heterocycles. The molecule has 1 aromatic heterocycles. The summed E-state index contributed by atoms with van der Waals surface area (Å²) in [6.45, 7) is 6.24. The van der Waals surface area contributed by atoms with Gasteiger partial charge in [0, 0.05) is 26.8 Å². The van der Waals surface area contributed by atoms with E-state index in [1.54, 1.807) is 13.3 Å². The standard InChI is InChI=1S/C15H24ClN3O2/c1-11(2)9-19-14(20)13(16)12(8-18-19)17-10-15(4-5-15)6-7-21-3/h8,11,17H,4-7,9-10H2,1-3H3. The van der Waals surface area contributed by atoms with Gasteiger partial charge in [-0.15, -0.1) is 0 Å². The Bertz CT molecular complexity index is 538. The molecule has 1 aliphatic rings. The van der Waals surface area contributed by atoms with Crippen LogP contribution in [-0.4, -0.2) is 30.0 Å². The monoisotopic (exact) mass is 313 g/mol. The van der Waals surface area contributed by atoms with E-state index in [0.29, 0.717) is 23.6 Å². The van der Waals surface area contributed by atoms with Crippen LogP contribution in [0, 0.1) is 11.3 Å². The second-order valence-corrected chi connectivity index (χ2v) is 6.73. The maximum absolute atomic E-state index is 12.1. The summed E-state index contributed by atoms with van der Waals surface area (Å²) >= 11 is 6.17. The lowest BCUT2D eigenvalue weighted by Crippen LogP contribution is -2.27. The van der Waals surface area contributed by atoms with E-state index < -0.39 is 0 Å². The Balaban J connectivity index is 2.01. The van der Waals surface area contributed by atoms with Crippen molar-refractivity contribution in [2.75, 3.05) is 25.6 Å². The number of anilines is 1. The zero-order chi connectivity index (χ0) is 15.5. The SMILES string of the molecule is COCCC1(CNc2cnn(CC(C)C)c(=O)c2Cl)CC1. The molecule has 2 rings (SSSR count). The lowest BCUT2D eigenvalue weighted by atomic mass is 10.0. The predicted molar refractivity (Wildman–Crippen MR) is 85.0 cm³/mol. The summed E-state index contributed by atoms with van der Waals surface area (Å²) < 4.78 is 6.57. The third-order valence-corrected chi connectivity index (χ3v) is 4.34. The molecule has 1 N–H and O–H groups in total. The van der Waals surface area contributed by atoms with Crippen molar-refractivity contribution in [2.24, 2.45) is 11.3 Å². The second kappa shape index (κ2) is 6.79. The first kappa shape index (κ1) is 16.3. The van der Waals surface area contributed by atoms with Crippen LogP contribution in [-0.2, 0) is 11.3 Å². The Kier molecular flexibility index (Phi) is 5.27. The molecule has 0 atom stereocenters. The van der Waals surface area contributed by atoms with Gasteiger partial charge in [0.25, 0.3) is 5.56 Å². The fourth-order valence-corrected chi connectivity index (χ4v) is 2.57. The molecule has 0 radical (unpaired) electrons. The van der Waals surface area contributed by atoms with Crippen LogP contribution in [0.3, 0.4) is 0 Å². The van der Waals surface area contributed by atoms with Crippen molar-refractivity contribution >= 4 is 17.3 Å². The molecule has 0 aliphatic heterocycles. The Morgan fingerprint density at radius 2 is 2.24 bits per heavy atom. The van der Waals surface area contributed by atoms with Gasteiger partial charge in [0.05, 0.1) is 11.9 Å². The van der Waals surface area contributed by atoms with Crippen molar-refractivity contribution in [1.82, 2.24) is 9.78 Å². The number of rotatable bonds is 8. The maximum atomic E-state index is 12.1. The molecule has 5 nitrogen and oxygen atoms in total. The molecule has 21 heavy (non-hydrogen) atoms. The van der Waals surface area contributed by atoms with Gasteiger partial charge < -0.3 is 10.1 Å². The molecule has 0 saturated heterocycles. The van der Waals surface area contributed by atoms with E-state index in [-0.39, 0.29) is 10.6 Å². The quantitative estimate of drug-likeness (QED) is 0.802. The largest absolute Gasteiger partial charge is 0.385 e. The van der Waals surface area contributed by atoms with E-state index in [1.165, 1.54) is 17.5 Å². The van der Waals surface area contributed by atoms with Crippen molar-refractivity contribution < 1.29 is 4.74 Å². The summed E-state index contributed by atoms with van der Waals surface area (Å²) in [6, 6.07) is 0. The molecule has 1 fully saturated rings. The number of halogens is 1. The number of nitrogens with zero attached hydrogens (tertiary/aromatic N) is 2. The first-order valence-corrected chi connectivity index (χ1v) is 7.84. The molecular formula is C15H24ClN3O2. The lowest BCUT2D eigenvalue weighted by molar-refractivity contribution is 0.175. The van der Waals surface area contributed by atoms with Gasteiger partial charge in [-0.3, -0.25) is 4.79 Å². The van der Waals surface area contributed by atoms with Gasteiger partial charge in [0.2, 0.25) is 0 Å². The summed E-state index contributed by atoms with van der Waals surface area (Å²) in [6.07, 6.45) is 5.07. The number of hydrogen-bond donors (Lipinski definition) is 1. The molecular weight excluding hydrogens is 290 g/mol. The third kappa shape index (κ3) is 4.20. The minimum atomic E-state index is -0.225. The van der Waals surface area contributed by atoms with Crippen LogP contribution in [0.15, 0.2) is 11.0 Å². The van der Waals surface area contributed by atoms with E-state index in [2.05, 4.69) is 10.4 Å². The molecule has 0 amide bonds. The number of methoxy groups -OCH3 is 1. The molecule has 0 unspecified atom stereocenters. The highest BCUT2D eigenvalue weighted by Gasteiger charge is 2.41. The highest BCUT2D eigenvalue weighted by atomic mass is 35.5. The van der Waals surface area contributed by atoms with Crippen molar-refractivity contribution in [3.05, 3.63) is 21.6 Å². The van der Waals surface area contributed by atoms with Crippen LogP contribution < -0.4 is 10.9 Å². The molecule has 1 aliphatic carbocycles. The normalized spacial score (nSPS) is 16.2. The van der Waals surface area contributed by atoms with Gasteiger partial charge in [0.1, 0.15) is 5.02 Å². The molecule has 118 valence electrons. The van der Waals surface area contributed by atoms with Gasteiger partial charge in [-0.2, -0.15) is 5.10 Å². The van der Waals surface area contributed by atoms with E-state index in [1.807, 2.05) is 13.8 Å². The first-order valence-electron chi connectivity index (χ1n) is 7.46. The van der Waals surface area contributed by atoms with Crippen LogP contribution in [0.4, 0.5) is 5.69 Å². The van der Waals surface area contributed by atoms with Gasteiger partial charge in [-0.25, -0.2) is 4.68 Å². The Morgan fingerprint density at radius 3 is 2.81 bits per heavy atom. The fourth-order valence-electron chi connectivity index (χ4n) is 2.36. The third-order valence-electron chi connectivity index (χ3n) is 3.97. The highest BCUT2D eigenvalue weighted by Crippen LogP contribution is 2.48. The number of aromatic nitrogens is 2. The van der Waals surface area contributed by atoms with Crippen molar-refractivity contribution in [3.8, 4) is 0 Å². The first-order chi connectivity index (χ1) is 9.97. The molecule has 0 spiro atoms. The molecule has 6 heteroatoms. The number of hydrogen-bond acceptors (Lipinski definition) is 4. The summed E-state index contributed by atoms with van der Waals surface area (Å²) in [5.74, 6) is 0.355. The zero-order valence-electron chi connectivity index (χ0n) is 13.0. The van der Waals surface area contributed by atoms with Crippen LogP contribution in [0.25, 0.3) is 0 Å². The number of ether oxygens (including phenoxy) is 1. The minimum Gasteiger partial charge on any atom is -0.385 e. The Labute approximate surface area is 130 Å². The molecule has 0 bridgehead atoms. The zero-order valence-corrected chi connectivity index (χ0v) is 13.7. The highest BCUT2D eigenvalue weighted by molar-refractivity contribution is 6.32. The van der Waals surface area contributed by atoms with Crippen LogP contribution in [0.1, 0.15) is 33.1 Å². The van der Waals surface area contributed by atoms with Crippen LogP contribution in [0.2, 0.25) is 5.02 Å². The smallest absolute Gasteiger partial charge is 0.287 e. The summed E-state index contributed by atoms with van der Waals surface area (Å²) in [4.78, 5) is 12.1. The fraction of sp³-hybridized carbons (Fsp3) is 0.733. The average Bonchev–Trinajstić information content (AvgIpc) is 3.21. The topological polar surface area (TPSA) is 56.1 Å². The van der Waals surface area contributed by atoms with Gasteiger partial charge >= 0.3 is 0 Å². The Morgan fingerprint density at radius 1 is 1.52 bits per heavy atom. The van der Waals surface area contributed by atoms with Gasteiger partial charge in [0.15, 0.2) is 0 Å². The average molecular weight is 314 g/mol. The minimum absolute atomic E-state index is 0.225. The summed E-state index contributed by atoms with van der Waals surface area (Å²) in [5.41, 5.74) is 0.703. The van der Waals surface area contributed by atoms with Crippen molar-refractivity contribution in [1.29, 1.82) is 0 Å². The van der Waals surface area contributed by atoms with E-state index in [9.17, 15) is 4.79 Å². The van der Waals surface area contributed by atoms with Crippen molar-refractivity contribution in [2.45, 2.75) is 39.7 Å². The molecule has 1 aromatic rings. The van der Waals surface area contributed by atoms with Crippen molar-refractivity contribution in [3.63, 3.8) is 0 Å². The molecule has 1 saturated carbocycles. The number of nitrogens with one attached hydrogen (secondary N) is 1.